The van der Waals surface area contributed by atoms with Crippen LogP contribution in [0.2, 0.25) is 0 Å². The lowest BCUT2D eigenvalue weighted by atomic mass is 9.86. The van der Waals surface area contributed by atoms with Gasteiger partial charge in [0.1, 0.15) is 0 Å². The lowest BCUT2D eigenvalue weighted by Crippen LogP contribution is -2.50. The molecule has 1 heterocycles. The Hall–Kier alpha value is -2.70. The molecule has 1 fully saturated rings. The van der Waals surface area contributed by atoms with Crippen LogP contribution in [0.5, 0.6) is 0 Å². The molecule has 2 amide bonds. The van der Waals surface area contributed by atoms with E-state index < -0.39 is 11.7 Å². The summed E-state index contributed by atoms with van der Waals surface area (Å²) in [6, 6.07) is 12.9. The maximum absolute atomic E-state index is 12.9. The number of alkyl halides is 3. The number of hydrogen-bond donors (Lipinski definition) is 1. The van der Waals surface area contributed by atoms with Gasteiger partial charge >= 0.3 is 12.2 Å². The summed E-state index contributed by atoms with van der Waals surface area (Å²) >= 11 is 0. The lowest BCUT2D eigenvalue weighted by Gasteiger charge is -2.36. The van der Waals surface area contributed by atoms with Crippen LogP contribution in [0.25, 0.3) is 0 Å². The highest BCUT2D eigenvalue weighted by molar-refractivity contribution is 5.90. The van der Waals surface area contributed by atoms with E-state index in [1.54, 1.807) is 11.0 Å². The zero-order chi connectivity index (χ0) is 21.2. The molecule has 1 aliphatic heterocycles. The fraction of sp³-hybridized carbons (Fsp3) is 0.409. The van der Waals surface area contributed by atoms with Crippen molar-refractivity contribution in [3.05, 3.63) is 59.7 Å². The number of nitrogens with one attached hydrogen (secondary N) is 1. The van der Waals surface area contributed by atoms with E-state index in [0.717, 1.165) is 23.4 Å². The molecule has 0 atom stereocenters. The van der Waals surface area contributed by atoms with Crippen molar-refractivity contribution in [1.82, 2.24) is 4.90 Å². The van der Waals surface area contributed by atoms with E-state index in [1.807, 2.05) is 29.2 Å². The molecule has 2 aromatic carbocycles. The largest absolute Gasteiger partial charge is 0.416 e. The molecule has 156 valence electrons. The molecule has 0 aromatic heterocycles. The molecule has 7 heteroatoms. The van der Waals surface area contributed by atoms with E-state index >= 15 is 0 Å². The van der Waals surface area contributed by atoms with Crippen LogP contribution in [-0.4, -0.2) is 37.1 Å². The number of amides is 2. The SMILES string of the molecule is CC(C)(C)c1ccccc1NC(=O)N1CCN(c2cccc(C(F)(F)F)c2)CC1. The molecule has 0 aliphatic carbocycles. The van der Waals surface area contributed by atoms with Gasteiger partial charge in [-0.05, 0) is 35.2 Å². The van der Waals surface area contributed by atoms with E-state index in [-0.39, 0.29) is 11.4 Å². The molecule has 0 radical (unpaired) electrons. The zero-order valence-corrected chi connectivity index (χ0v) is 16.9. The first-order chi connectivity index (χ1) is 13.6. The van der Waals surface area contributed by atoms with Gasteiger partial charge < -0.3 is 15.1 Å². The van der Waals surface area contributed by atoms with Crippen LogP contribution in [0.1, 0.15) is 31.9 Å². The quantitative estimate of drug-likeness (QED) is 0.730. The number of carbonyl (C=O) groups excluding carboxylic acids is 1. The van der Waals surface area contributed by atoms with E-state index in [1.165, 1.54) is 6.07 Å². The number of benzene rings is 2. The zero-order valence-electron chi connectivity index (χ0n) is 16.9. The predicted molar refractivity (Wildman–Crippen MR) is 109 cm³/mol. The number of anilines is 2. The molecular weight excluding hydrogens is 379 g/mol. The van der Waals surface area contributed by atoms with Gasteiger partial charge in [0.25, 0.3) is 0 Å². The van der Waals surface area contributed by atoms with E-state index in [0.29, 0.717) is 31.9 Å². The van der Waals surface area contributed by atoms with Crippen molar-refractivity contribution in [3.63, 3.8) is 0 Å². The fourth-order valence-corrected chi connectivity index (χ4v) is 3.49. The highest BCUT2D eigenvalue weighted by Crippen LogP contribution is 2.32. The number of halogens is 3. The third-order valence-electron chi connectivity index (χ3n) is 5.08. The van der Waals surface area contributed by atoms with Crippen molar-refractivity contribution < 1.29 is 18.0 Å². The summed E-state index contributed by atoms with van der Waals surface area (Å²) in [7, 11) is 0. The summed E-state index contributed by atoms with van der Waals surface area (Å²) in [6.45, 7) is 8.12. The molecule has 0 spiro atoms. The first kappa shape index (κ1) is 21.0. The molecule has 3 rings (SSSR count). The minimum Gasteiger partial charge on any atom is -0.368 e. The molecule has 29 heavy (non-hydrogen) atoms. The summed E-state index contributed by atoms with van der Waals surface area (Å²) in [4.78, 5) is 16.3. The third-order valence-corrected chi connectivity index (χ3v) is 5.08. The Bertz CT molecular complexity index is 866. The number of para-hydroxylation sites is 1. The molecular formula is C22H26F3N3O. The summed E-state index contributed by atoms with van der Waals surface area (Å²) in [5.74, 6) is 0. The fourth-order valence-electron chi connectivity index (χ4n) is 3.49. The summed E-state index contributed by atoms with van der Waals surface area (Å²) in [5.41, 5.74) is 1.60. The maximum Gasteiger partial charge on any atom is 0.416 e. The Morgan fingerprint density at radius 2 is 1.59 bits per heavy atom. The Morgan fingerprint density at radius 1 is 0.931 bits per heavy atom. The first-order valence-electron chi connectivity index (χ1n) is 9.63. The van der Waals surface area contributed by atoms with E-state index in [4.69, 9.17) is 0 Å². The lowest BCUT2D eigenvalue weighted by molar-refractivity contribution is -0.137. The van der Waals surface area contributed by atoms with Crippen LogP contribution >= 0.6 is 0 Å². The van der Waals surface area contributed by atoms with Crippen molar-refractivity contribution in [3.8, 4) is 0 Å². The highest BCUT2D eigenvalue weighted by Gasteiger charge is 2.31. The molecule has 1 saturated heterocycles. The highest BCUT2D eigenvalue weighted by atomic mass is 19.4. The van der Waals surface area contributed by atoms with E-state index in [9.17, 15) is 18.0 Å². The molecule has 0 unspecified atom stereocenters. The Kier molecular flexibility index (Phi) is 5.78. The van der Waals surface area contributed by atoms with E-state index in [2.05, 4.69) is 26.1 Å². The van der Waals surface area contributed by atoms with Crippen LogP contribution in [0, 0.1) is 0 Å². The van der Waals surface area contributed by atoms with Crippen molar-refractivity contribution in [2.45, 2.75) is 32.4 Å². The molecule has 1 N–H and O–H groups in total. The minimum atomic E-state index is -4.36. The number of rotatable bonds is 2. The third kappa shape index (κ3) is 5.02. The van der Waals surface area contributed by atoms with Gasteiger partial charge in [0.15, 0.2) is 0 Å². The Morgan fingerprint density at radius 3 is 2.21 bits per heavy atom. The minimum absolute atomic E-state index is 0.105. The maximum atomic E-state index is 12.9. The average molecular weight is 405 g/mol. The summed E-state index contributed by atoms with van der Waals surface area (Å²) < 4.78 is 38.8. The molecule has 0 saturated carbocycles. The molecule has 4 nitrogen and oxygen atoms in total. The Balaban J connectivity index is 1.64. The van der Waals surface area contributed by atoms with Crippen LogP contribution in [0.3, 0.4) is 0 Å². The van der Waals surface area contributed by atoms with Gasteiger partial charge in [-0.2, -0.15) is 13.2 Å². The van der Waals surface area contributed by atoms with Gasteiger partial charge in [0.2, 0.25) is 0 Å². The van der Waals surface area contributed by atoms with Crippen LogP contribution < -0.4 is 10.2 Å². The Labute approximate surface area is 169 Å². The predicted octanol–water partition coefficient (Wildman–Crippen LogP) is 5.36. The number of carbonyl (C=O) groups is 1. The van der Waals surface area contributed by atoms with Gasteiger partial charge in [0, 0.05) is 37.6 Å². The van der Waals surface area contributed by atoms with Crippen LogP contribution in [0.4, 0.5) is 29.3 Å². The second kappa shape index (κ2) is 7.97. The molecule has 2 aromatic rings. The molecule has 1 aliphatic rings. The number of hydrogen-bond acceptors (Lipinski definition) is 2. The van der Waals surface area contributed by atoms with Gasteiger partial charge in [-0.3, -0.25) is 0 Å². The summed E-state index contributed by atoms with van der Waals surface area (Å²) in [5, 5.41) is 2.99. The van der Waals surface area contributed by atoms with Crippen molar-refractivity contribution in [1.29, 1.82) is 0 Å². The smallest absolute Gasteiger partial charge is 0.368 e. The second-order valence-corrected chi connectivity index (χ2v) is 8.25. The number of urea groups is 1. The normalized spacial score (nSPS) is 15.4. The standard InChI is InChI=1S/C22H26F3N3O/c1-21(2,3)18-9-4-5-10-19(18)26-20(29)28-13-11-27(12-14-28)17-8-6-7-16(15-17)22(23,24)25/h4-10,15H,11-14H2,1-3H3,(H,26,29). The average Bonchev–Trinajstić information content (AvgIpc) is 2.67. The van der Waals surface area contributed by atoms with Gasteiger partial charge in [-0.1, -0.05) is 45.0 Å². The van der Waals surface area contributed by atoms with Gasteiger partial charge in [0.05, 0.1) is 5.56 Å². The van der Waals surface area contributed by atoms with Crippen molar-refractivity contribution >= 4 is 17.4 Å². The van der Waals surface area contributed by atoms with Gasteiger partial charge in [-0.15, -0.1) is 0 Å². The van der Waals surface area contributed by atoms with Crippen LogP contribution in [-0.2, 0) is 11.6 Å². The van der Waals surface area contributed by atoms with Crippen molar-refractivity contribution in [2.75, 3.05) is 36.4 Å². The van der Waals surface area contributed by atoms with Crippen molar-refractivity contribution in [2.24, 2.45) is 0 Å². The molecule has 0 bridgehead atoms. The monoisotopic (exact) mass is 405 g/mol. The van der Waals surface area contributed by atoms with Gasteiger partial charge in [-0.25, -0.2) is 4.79 Å². The number of nitrogens with zero attached hydrogens (tertiary/aromatic N) is 2. The second-order valence-electron chi connectivity index (χ2n) is 8.25. The topological polar surface area (TPSA) is 35.6 Å². The first-order valence-corrected chi connectivity index (χ1v) is 9.63. The summed E-state index contributed by atoms with van der Waals surface area (Å²) in [6.07, 6.45) is -4.36. The van der Waals surface area contributed by atoms with Crippen LogP contribution in [0.15, 0.2) is 48.5 Å². The number of piperazine rings is 1.